The molecule has 1 aromatic rings. The largest absolute Gasteiger partial charge is 0.488 e. The first-order valence-electron chi connectivity index (χ1n) is 6.02. The highest BCUT2D eigenvalue weighted by Gasteiger charge is 2.26. The molecule has 0 aliphatic carbocycles. The third-order valence-electron chi connectivity index (χ3n) is 2.55. The predicted octanol–water partition coefficient (Wildman–Crippen LogP) is 1.25. The third kappa shape index (κ3) is 4.37. The lowest BCUT2D eigenvalue weighted by Gasteiger charge is -2.18. The SMILES string of the molecule is CC(C)Oc1cnn(CCCC(C)(N)C(=O)O)c1. The maximum absolute atomic E-state index is 10.8. The summed E-state index contributed by atoms with van der Waals surface area (Å²) < 4.78 is 7.21. The van der Waals surface area contributed by atoms with E-state index in [1.807, 2.05) is 13.8 Å². The van der Waals surface area contributed by atoms with Crippen molar-refractivity contribution in [3.8, 4) is 5.75 Å². The lowest BCUT2D eigenvalue weighted by molar-refractivity contribution is -0.142. The van der Waals surface area contributed by atoms with E-state index in [4.69, 9.17) is 15.6 Å². The molecule has 0 fully saturated rings. The maximum Gasteiger partial charge on any atom is 0.323 e. The van der Waals surface area contributed by atoms with Gasteiger partial charge in [-0.25, -0.2) is 0 Å². The van der Waals surface area contributed by atoms with Gasteiger partial charge in [-0.1, -0.05) is 0 Å². The van der Waals surface area contributed by atoms with Crippen LogP contribution in [0.15, 0.2) is 12.4 Å². The van der Waals surface area contributed by atoms with Crippen LogP contribution in [-0.2, 0) is 11.3 Å². The number of nitrogens with two attached hydrogens (primary N) is 1. The van der Waals surface area contributed by atoms with Gasteiger partial charge in [-0.2, -0.15) is 5.10 Å². The molecule has 0 amide bonds. The number of aromatic nitrogens is 2. The van der Waals surface area contributed by atoms with Gasteiger partial charge in [-0.3, -0.25) is 9.48 Å². The summed E-state index contributed by atoms with van der Waals surface area (Å²) in [6.07, 6.45) is 4.62. The van der Waals surface area contributed by atoms with Crippen molar-refractivity contribution >= 4 is 5.97 Å². The molecular weight excluding hydrogens is 234 g/mol. The number of carbonyl (C=O) groups is 1. The van der Waals surface area contributed by atoms with Crippen molar-refractivity contribution in [1.82, 2.24) is 9.78 Å². The molecule has 1 rings (SSSR count). The number of hydrogen-bond donors (Lipinski definition) is 2. The molecule has 18 heavy (non-hydrogen) atoms. The number of nitrogens with zero attached hydrogens (tertiary/aromatic N) is 2. The van der Waals surface area contributed by atoms with Crippen LogP contribution in [0, 0.1) is 0 Å². The standard InChI is InChI=1S/C12H21N3O3/c1-9(2)18-10-7-14-15(8-10)6-4-5-12(3,13)11(16)17/h7-9H,4-6,13H2,1-3H3,(H,16,17). The Balaban J connectivity index is 2.40. The highest BCUT2D eigenvalue weighted by Crippen LogP contribution is 2.13. The van der Waals surface area contributed by atoms with Gasteiger partial charge in [0.2, 0.25) is 0 Å². The van der Waals surface area contributed by atoms with Gasteiger partial charge in [-0.05, 0) is 33.6 Å². The molecule has 0 aromatic carbocycles. The maximum atomic E-state index is 10.8. The Morgan fingerprint density at radius 3 is 2.89 bits per heavy atom. The molecule has 0 aliphatic heterocycles. The van der Waals surface area contributed by atoms with Crippen molar-refractivity contribution in [3.63, 3.8) is 0 Å². The molecule has 102 valence electrons. The summed E-state index contributed by atoms with van der Waals surface area (Å²) in [7, 11) is 0. The van der Waals surface area contributed by atoms with Crippen LogP contribution in [0.1, 0.15) is 33.6 Å². The molecule has 0 spiro atoms. The number of carboxylic acid groups (broad SMARTS) is 1. The van der Waals surface area contributed by atoms with Crippen molar-refractivity contribution in [2.75, 3.05) is 0 Å². The Bertz CT molecular complexity index is 399. The zero-order valence-electron chi connectivity index (χ0n) is 11.1. The van der Waals surface area contributed by atoms with E-state index in [9.17, 15) is 4.79 Å². The van der Waals surface area contributed by atoms with Gasteiger partial charge >= 0.3 is 5.97 Å². The summed E-state index contributed by atoms with van der Waals surface area (Å²) in [6, 6.07) is 0. The van der Waals surface area contributed by atoms with Crippen LogP contribution in [0.2, 0.25) is 0 Å². The Labute approximate surface area is 107 Å². The molecule has 1 atom stereocenters. The van der Waals surface area contributed by atoms with Crippen LogP contribution < -0.4 is 10.5 Å². The smallest absolute Gasteiger partial charge is 0.323 e. The molecule has 0 saturated heterocycles. The molecule has 6 heteroatoms. The van der Waals surface area contributed by atoms with Crippen molar-refractivity contribution in [2.24, 2.45) is 5.73 Å². The minimum Gasteiger partial charge on any atom is -0.488 e. The number of aryl methyl sites for hydroxylation is 1. The third-order valence-corrected chi connectivity index (χ3v) is 2.55. The lowest BCUT2D eigenvalue weighted by atomic mass is 9.98. The quantitative estimate of drug-likeness (QED) is 0.765. The number of carboxylic acids is 1. The van der Waals surface area contributed by atoms with Gasteiger partial charge in [-0.15, -0.1) is 0 Å². The zero-order chi connectivity index (χ0) is 13.8. The van der Waals surface area contributed by atoms with E-state index in [1.165, 1.54) is 6.92 Å². The predicted molar refractivity (Wildman–Crippen MR) is 67.5 cm³/mol. The van der Waals surface area contributed by atoms with Gasteiger partial charge in [0.05, 0.1) is 18.5 Å². The average molecular weight is 255 g/mol. The van der Waals surface area contributed by atoms with E-state index in [0.717, 1.165) is 5.75 Å². The molecule has 0 aliphatic rings. The van der Waals surface area contributed by atoms with Gasteiger partial charge < -0.3 is 15.6 Å². The first kappa shape index (κ1) is 14.5. The second-order valence-electron chi connectivity index (χ2n) is 4.93. The van der Waals surface area contributed by atoms with Crippen LogP contribution in [-0.4, -0.2) is 32.5 Å². The summed E-state index contributed by atoms with van der Waals surface area (Å²) in [5.74, 6) is -0.259. The van der Waals surface area contributed by atoms with Crippen molar-refractivity contribution in [2.45, 2.75) is 51.8 Å². The minimum atomic E-state index is -1.18. The van der Waals surface area contributed by atoms with Gasteiger partial charge in [0.15, 0.2) is 5.75 Å². The van der Waals surface area contributed by atoms with Crippen molar-refractivity contribution < 1.29 is 14.6 Å². The molecule has 3 N–H and O–H groups in total. The second-order valence-corrected chi connectivity index (χ2v) is 4.93. The number of ether oxygens (including phenoxy) is 1. The molecule has 1 aromatic heterocycles. The van der Waals surface area contributed by atoms with Gasteiger partial charge in [0.25, 0.3) is 0 Å². The van der Waals surface area contributed by atoms with E-state index in [0.29, 0.717) is 19.4 Å². The Kier molecular flexibility index (Phi) is 4.72. The summed E-state index contributed by atoms with van der Waals surface area (Å²) >= 11 is 0. The number of aliphatic carboxylic acids is 1. The number of hydrogen-bond acceptors (Lipinski definition) is 4. The van der Waals surface area contributed by atoms with E-state index in [1.54, 1.807) is 17.1 Å². The van der Waals surface area contributed by atoms with Crippen LogP contribution in [0.3, 0.4) is 0 Å². The molecular formula is C12H21N3O3. The monoisotopic (exact) mass is 255 g/mol. The van der Waals surface area contributed by atoms with Gasteiger partial charge in [0.1, 0.15) is 5.54 Å². The summed E-state index contributed by atoms with van der Waals surface area (Å²) in [4.78, 5) is 10.8. The van der Waals surface area contributed by atoms with Crippen LogP contribution in [0.5, 0.6) is 5.75 Å². The zero-order valence-corrected chi connectivity index (χ0v) is 11.1. The fraction of sp³-hybridized carbons (Fsp3) is 0.667. The Hall–Kier alpha value is -1.56. The van der Waals surface area contributed by atoms with Crippen molar-refractivity contribution in [1.29, 1.82) is 0 Å². The average Bonchev–Trinajstić information content (AvgIpc) is 2.64. The molecule has 1 heterocycles. The van der Waals surface area contributed by atoms with Gasteiger partial charge in [0, 0.05) is 6.54 Å². The lowest BCUT2D eigenvalue weighted by Crippen LogP contribution is -2.44. The summed E-state index contributed by atoms with van der Waals surface area (Å²) in [5.41, 5.74) is 4.46. The molecule has 1 unspecified atom stereocenters. The Morgan fingerprint density at radius 2 is 2.33 bits per heavy atom. The van der Waals surface area contributed by atoms with Crippen LogP contribution in [0.25, 0.3) is 0 Å². The van der Waals surface area contributed by atoms with Crippen molar-refractivity contribution in [3.05, 3.63) is 12.4 Å². The Morgan fingerprint density at radius 1 is 1.67 bits per heavy atom. The van der Waals surface area contributed by atoms with E-state index >= 15 is 0 Å². The molecule has 0 saturated carbocycles. The molecule has 0 radical (unpaired) electrons. The summed E-state index contributed by atoms with van der Waals surface area (Å²) in [6.45, 7) is 6.04. The highest BCUT2D eigenvalue weighted by molar-refractivity contribution is 5.77. The molecule has 6 nitrogen and oxygen atoms in total. The van der Waals surface area contributed by atoms with E-state index < -0.39 is 11.5 Å². The topological polar surface area (TPSA) is 90.4 Å². The molecule has 0 bridgehead atoms. The summed E-state index contributed by atoms with van der Waals surface area (Å²) in [5, 5.41) is 13.0. The second kappa shape index (κ2) is 5.86. The van der Waals surface area contributed by atoms with E-state index in [2.05, 4.69) is 5.10 Å². The highest BCUT2D eigenvalue weighted by atomic mass is 16.5. The fourth-order valence-corrected chi connectivity index (χ4v) is 1.52. The number of rotatable bonds is 7. The fourth-order valence-electron chi connectivity index (χ4n) is 1.52. The van der Waals surface area contributed by atoms with Crippen LogP contribution in [0.4, 0.5) is 0 Å². The first-order valence-corrected chi connectivity index (χ1v) is 6.02. The first-order chi connectivity index (χ1) is 8.31. The van der Waals surface area contributed by atoms with Crippen LogP contribution >= 0.6 is 0 Å². The normalized spacial score (nSPS) is 14.5. The minimum absolute atomic E-state index is 0.113. The van der Waals surface area contributed by atoms with E-state index in [-0.39, 0.29) is 6.10 Å².